The second-order valence-corrected chi connectivity index (χ2v) is 34.0. The number of aliphatic carboxylic acids is 7. The Bertz CT molecular complexity index is 4160. The van der Waals surface area contributed by atoms with Gasteiger partial charge in [-0.2, -0.15) is 0 Å². The molecule has 0 aromatic heterocycles. The Labute approximate surface area is 840 Å². The number of aryl methyl sites for hydroxylation is 1. The summed E-state index contributed by atoms with van der Waals surface area (Å²) in [5, 5.41) is 97.2. The molecule has 0 saturated carbocycles. The van der Waals surface area contributed by atoms with Gasteiger partial charge in [-0.15, -0.1) is 0 Å². The Kier molecular flexibility index (Phi) is 68.0. The molecule has 1 saturated heterocycles. The van der Waals surface area contributed by atoms with Crippen molar-refractivity contribution in [1.82, 2.24) is 67.5 Å². The number of carboxylic acid groups (broad SMARTS) is 7. The van der Waals surface area contributed by atoms with Gasteiger partial charge in [-0.1, -0.05) is 36.4 Å². The maximum atomic E-state index is 13.4. The summed E-state index contributed by atoms with van der Waals surface area (Å²) in [6.07, 6.45) is 7.21. The van der Waals surface area contributed by atoms with Crippen molar-refractivity contribution < 1.29 is 150 Å². The lowest BCUT2D eigenvalue weighted by molar-refractivity contribution is -0.142. The zero-order valence-electron chi connectivity index (χ0n) is 80.1. The quantitative estimate of drug-likeness (QED) is 0.0215. The van der Waals surface area contributed by atoms with Crippen LogP contribution in [0, 0.1) is 3.57 Å². The molecule has 47 nitrogen and oxygen atoms in total. The number of hydrogen-bond acceptors (Lipinski definition) is 31. The third kappa shape index (κ3) is 65.4. The van der Waals surface area contributed by atoms with E-state index < -0.39 is 97.0 Å². The molecule has 141 heavy (non-hydrogen) atoms. The molecular formula is C92H145IN16O31S. The number of nitrogens with zero attached hydrogens (tertiary/aromatic N) is 4. The zero-order valence-corrected chi connectivity index (χ0v) is 83.1. The molecule has 0 spiro atoms. The maximum Gasteiger partial charge on any atom is 0.326 e. The SMILES string of the molecule is N/C(=C\NCCOCCOCCOCCC(=O)N[C@@H](CCCCNC(=O)CCCc1ccc(I)cc1)C(=O)NCCOCCOCCOCCOCCOCCOCCOCCOCCC(=O)N[C@@H](CCCCNC(=S)Nc1ccc(CC2CN(CC(=O)O)CCN(CC(=O)O)CCN(CC(=O)O)CCN2CC(=O)O)cc1)C(=O)O)c1cccc(NC(=O)NCCCC[C@H](NC(=O)NCC(=O)O)C(=O)O)c1. The number of anilines is 2. The molecule has 1 fully saturated rings. The van der Waals surface area contributed by atoms with Gasteiger partial charge in [0.25, 0.3) is 0 Å². The number of urea groups is 2. The fraction of sp³-hybridized carbons (Fsp3) is 0.630. The summed E-state index contributed by atoms with van der Waals surface area (Å²) in [6.45, 7) is 6.94. The smallest absolute Gasteiger partial charge is 0.326 e. The van der Waals surface area contributed by atoms with Gasteiger partial charge < -0.3 is 152 Å². The van der Waals surface area contributed by atoms with Crippen LogP contribution in [0.2, 0.25) is 0 Å². The van der Waals surface area contributed by atoms with E-state index in [1.807, 2.05) is 29.6 Å². The summed E-state index contributed by atoms with van der Waals surface area (Å²) < 4.78 is 62.6. The molecule has 3 aromatic carbocycles. The van der Waals surface area contributed by atoms with E-state index in [1.54, 1.807) is 62.2 Å². The van der Waals surface area contributed by atoms with Crippen LogP contribution in [0.4, 0.5) is 21.0 Å². The predicted molar refractivity (Wildman–Crippen MR) is 528 cm³/mol. The van der Waals surface area contributed by atoms with Crippen LogP contribution in [-0.4, -0.2) is 419 Å². The average Bonchev–Trinajstić information content (AvgIpc) is 0.847. The van der Waals surface area contributed by atoms with Crippen molar-refractivity contribution in [3.8, 4) is 0 Å². The minimum Gasteiger partial charge on any atom is -0.480 e. The van der Waals surface area contributed by atoms with Gasteiger partial charge in [0.05, 0.1) is 177 Å². The third-order valence-electron chi connectivity index (χ3n) is 20.9. The van der Waals surface area contributed by atoms with Crippen LogP contribution in [0.1, 0.15) is 100 Å². The van der Waals surface area contributed by atoms with Gasteiger partial charge in [-0.25, -0.2) is 19.2 Å². The molecule has 1 aliphatic rings. The molecule has 4 atom stereocenters. The summed E-state index contributed by atoms with van der Waals surface area (Å²) >= 11 is 7.75. The van der Waals surface area contributed by atoms with Crippen molar-refractivity contribution >= 4 is 134 Å². The summed E-state index contributed by atoms with van der Waals surface area (Å²) in [4.78, 5) is 164. The number of carbonyl (C=O) groups excluding carboxylic acids is 6. The molecule has 792 valence electrons. The van der Waals surface area contributed by atoms with Crippen LogP contribution < -0.4 is 64.2 Å². The van der Waals surface area contributed by atoms with Crippen molar-refractivity contribution in [3.63, 3.8) is 0 Å². The Morgan fingerprint density at radius 2 is 0.830 bits per heavy atom. The summed E-state index contributed by atoms with van der Waals surface area (Å²) in [6, 6.07) is 17.1. The topological polar surface area (TPSA) is 636 Å². The highest BCUT2D eigenvalue weighted by molar-refractivity contribution is 14.1. The average molecular weight is 2130 g/mol. The summed E-state index contributed by atoms with van der Waals surface area (Å²) in [7, 11) is 0. The largest absolute Gasteiger partial charge is 0.480 e. The standard InChI is InChI=1S/C92H145IN16O31S/c93-71-20-16-68(17-21-71)9-7-15-79(110)96-26-4-1-12-76(103-80(111)24-37-130-41-45-134-47-43-132-39-29-95-61-75(94)70-10-8-11-73(60-70)101-90(128)98-27-5-2-14-78(89(126)127)105-91(129)100-62-82(113)114)87(123)97-30-40-133-44-48-136-50-52-138-54-56-140-58-57-139-55-53-137-51-49-135-46-42-131-38-25-81(112)104-77(88(124)125)13-3-6-28-99-92(141)102-72-22-18-69(19-23-72)59-74-63-108(66-85(119)120)34-33-106(64-83(115)116)31-32-107(65-84(117)118)35-36-109(74)67-86(121)122/h8,10-11,16-23,60-61,74,76-78,95H,1-7,9,12-15,24-59,62-67,94H2,(H,96,110)(H,97,123)(H,103,111)(H,104,112)(H,113,114)(H,115,116)(H,117,118)(H,119,120)(H,121,122)(H,124,125)(H,126,127)(H2,98,101,128)(H2,99,102,141)(H2,100,105,129)/b75-61-/t74?,76-,77-,78-/m0/s1. The monoisotopic (exact) mass is 2130 g/mol. The van der Waals surface area contributed by atoms with E-state index in [0.717, 1.165) is 15.6 Å². The van der Waals surface area contributed by atoms with Gasteiger partial charge in [0.15, 0.2) is 5.11 Å². The van der Waals surface area contributed by atoms with Crippen LogP contribution in [-0.2, 0) is 118 Å². The summed E-state index contributed by atoms with van der Waals surface area (Å²) in [5.74, 6) is -9.40. The Morgan fingerprint density at radius 1 is 0.397 bits per heavy atom. The Balaban J connectivity index is 0.966. The predicted octanol–water partition coefficient (Wildman–Crippen LogP) is 1.34. The number of carboxylic acids is 7. The van der Waals surface area contributed by atoms with Gasteiger partial charge in [-0.05, 0) is 159 Å². The minimum absolute atomic E-state index is 0.00316. The van der Waals surface area contributed by atoms with Crippen molar-refractivity contribution in [2.24, 2.45) is 5.73 Å². The lowest BCUT2D eigenvalue weighted by Gasteiger charge is -2.37. The van der Waals surface area contributed by atoms with Crippen molar-refractivity contribution in [3.05, 3.63) is 99.3 Å². The number of hydrogen-bond donors (Lipinski definition) is 19. The van der Waals surface area contributed by atoms with Crippen LogP contribution in [0.25, 0.3) is 5.70 Å². The van der Waals surface area contributed by atoms with E-state index >= 15 is 0 Å². The van der Waals surface area contributed by atoms with E-state index in [4.69, 9.17) is 75.2 Å². The molecule has 4 rings (SSSR count). The molecule has 49 heteroatoms. The highest BCUT2D eigenvalue weighted by Crippen LogP contribution is 2.19. The molecule has 0 aliphatic carbocycles. The van der Waals surface area contributed by atoms with E-state index in [-0.39, 0.29) is 175 Å². The molecule has 3 aromatic rings. The Morgan fingerprint density at radius 3 is 1.33 bits per heavy atom. The van der Waals surface area contributed by atoms with Crippen LogP contribution >= 0.6 is 34.8 Å². The zero-order chi connectivity index (χ0) is 103. The number of nitrogens with two attached hydrogens (primary N) is 1. The fourth-order valence-corrected chi connectivity index (χ4v) is 14.3. The van der Waals surface area contributed by atoms with Crippen molar-refractivity contribution in [2.75, 3.05) is 267 Å². The fourth-order valence-electron chi connectivity index (χ4n) is 13.7. The van der Waals surface area contributed by atoms with Gasteiger partial charge >= 0.3 is 53.8 Å². The van der Waals surface area contributed by atoms with Crippen molar-refractivity contribution in [2.45, 2.75) is 120 Å². The first-order valence-corrected chi connectivity index (χ1v) is 48.7. The first-order chi connectivity index (χ1) is 68.0. The molecule has 20 N–H and O–H groups in total. The van der Waals surface area contributed by atoms with Crippen LogP contribution in [0.5, 0.6) is 0 Å². The molecule has 0 radical (unpaired) electrons. The van der Waals surface area contributed by atoms with Gasteiger partial charge in [0.2, 0.25) is 23.6 Å². The normalized spacial score (nSPS) is 14.1. The van der Waals surface area contributed by atoms with E-state index in [1.165, 1.54) is 5.56 Å². The number of amides is 8. The molecule has 1 unspecified atom stereocenters. The molecule has 8 amide bonds. The highest BCUT2D eigenvalue weighted by atomic mass is 127. The number of benzene rings is 3. The number of rotatable bonds is 80. The van der Waals surface area contributed by atoms with E-state index in [9.17, 15) is 93.0 Å². The molecule has 0 bridgehead atoms. The first kappa shape index (κ1) is 123. The number of ether oxygens (including phenoxy) is 11. The maximum absolute atomic E-state index is 13.4. The van der Waals surface area contributed by atoms with Crippen LogP contribution in [0.3, 0.4) is 0 Å². The second kappa shape index (κ2) is 78.1. The van der Waals surface area contributed by atoms with Crippen molar-refractivity contribution in [1.29, 1.82) is 0 Å². The number of carbonyl (C=O) groups is 13. The van der Waals surface area contributed by atoms with E-state index in [2.05, 4.69) is 87.9 Å². The van der Waals surface area contributed by atoms with Crippen LogP contribution in [0.15, 0.2) is 79.0 Å². The number of thiocarbonyl (C=S) groups is 1. The first-order valence-electron chi connectivity index (χ1n) is 47.2. The Hall–Kier alpha value is -10.5. The number of halogens is 1. The van der Waals surface area contributed by atoms with Gasteiger partial charge in [0, 0.05) is 131 Å². The highest BCUT2D eigenvalue weighted by Gasteiger charge is 2.30. The van der Waals surface area contributed by atoms with Gasteiger partial charge in [0.1, 0.15) is 24.7 Å². The van der Waals surface area contributed by atoms with Gasteiger partial charge in [-0.3, -0.25) is 62.8 Å². The molecular weight excluding hydrogens is 1980 g/mol. The third-order valence-corrected chi connectivity index (χ3v) is 21.9. The molecule has 1 aliphatic heterocycles. The lowest BCUT2D eigenvalue weighted by Crippen LogP contribution is -2.53. The summed E-state index contributed by atoms with van der Waals surface area (Å²) in [5.41, 5.74) is 10.4. The number of nitrogens with one attached hydrogen (secondary N) is 11. The van der Waals surface area contributed by atoms with E-state index in [0.29, 0.717) is 204 Å². The molecule has 1 heterocycles. The second-order valence-electron chi connectivity index (χ2n) is 32.3. The number of unbranched alkanes of at least 4 members (excludes halogenated alkanes) is 3. The lowest BCUT2D eigenvalue weighted by atomic mass is 10.0. The minimum atomic E-state index is -1.28.